The molecule has 0 bridgehead atoms. The minimum Gasteiger partial charge on any atom is -0.381 e. The van der Waals surface area contributed by atoms with Gasteiger partial charge >= 0.3 is 0 Å². The summed E-state index contributed by atoms with van der Waals surface area (Å²) in [5.41, 5.74) is 2.94. The minimum atomic E-state index is 0.144. The molecule has 1 unspecified atom stereocenters. The normalized spacial score (nSPS) is 17.6. The van der Waals surface area contributed by atoms with Crippen molar-refractivity contribution in [3.63, 3.8) is 0 Å². The number of carbonyl (C=O) groups is 1. The lowest BCUT2D eigenvalue weighted by atomic mass is 9.99. The van der Waals surface area contributed by atoms with Gasteiger partial charge in [0.2, 0.25) is 0 Å². The lowest BCUT2D eigenvalue weighted by Gasteiger charge is -2.31. The predicted molar refractivity (Wildman–Crippen MR) is 99.5 cm³/mol. The Bertz CT molecular complexity index is 682. The molecule has 1 aliphatic rings. The van der Waals surface area contributed by atoms with Crippen LogP contribution in [0.3, 0.4) is 0 Å². The van der Waals surface area contributed by atoms with E-state index in [2.05, 4.69) is 12.2 Å². The number of hydrogen-bond acceptors (Lipinski definition) is 2. The second kappa shape index (κ2) is 7.71. The highest BCUT2D eigenvalue weighted by Crippen LogP contribution is 2.19. The molecule has 1 aliphatic heterocycles. The van der Waals surface area contributed by atoms with Crippen LogP contribution in [0.5, 0.6) is 0 Å². The third-order valence-electron chi connectivity index (χ3n) is 4.49. The summed E-state index contributed by atoms with van der Waals surface area (Å²) in [6.07, 6.45) is 2.32. The molecule has 1 N–H and O–H groups in total. The maximum absolute atomic E-state index is 12.6. The maximum atomic E-state index is 12.6. The molecular formula is C20H23ClN2O. The molecule has 126 valence electrons. The average molecular weight is 343 g/mol. The molecule has 1 atom stereocenters. The maximum Gasteiger partial charge on any atom is 0.253 e. The van der Waals surface area contributed by atoms with Gasteiger partial charge in [-0.1, -0.05) is 30.7 Å². The Morgan fingerprint density at radius 1 is 1.17 bits per heavy atom. The lowest BCUT2D eigenvalue weighted by molar-refractivity contribution is 0.0683. The van der Waals surface area contributed by atoms with Gasteiger partial charge in [-0.3, -0.25) is 4.79 Å². The molecule has 3 rings (SSSR count). The van der Waals surface area contributed by atoms with Crippen LogP contribution in [-0.2, 0) is 6.54 Å². The molecule has 2 aromatic carbocycles. The van der Waals surface area contributed by atoms with Crippen LogP contribution in [-0.4, -0.2) is 23.9 Å². The second-order valence-electron chi connectivity index (χ2n) is 6.56. The van der Waals surface area contributed by atoms with Crippen molar-refractivity contribution in [2.45, 2.75) is 26.3 Å². The standard InChI is InChI=1S/C20H23ClN2O/c1-15-3-2-12-23(14-15)20(24)17-6-10-19(11-7-17)22-13-16-4-8-18(21)9-5-16/h4-11,15,22H,2-3,12-14H2,1H3. The lowest BCUT2D eigenvalue weighted by Crippen LogP contribution is -2.39. The first-order valence-corrected chi connectivity index (χ1v) is 8.87. The van der Waals surface area contributed by atoms with Gasteiger partial charge in [0.05, 0.1) is 0 Å². The number of carbonyl (C=O) groups excluding carboxylic acids is 1. The van der Waals surface area contributed by atoms with Crippen LogP contribution in [0.25, 0.3) is 0 Å². The van der Waals surface area contributed by atoms with Crippen molar-refractivity contribution in [3.8, 4) is 0 Å². The molecule has 0 spiro atoms. The number of amides is 1. The number of anilines is 1. The van der Waals surface area contributed by atoms with E-state index in [0.29, 0.717) is 5.92 Å². The molecule has 0 saturated carbocycles. The number of likely N-dealkylation sites (tertiary alicyclic amines) is 1. The van der Waals surface area contributed by atoms with E-state index in [-0.39, 0.29) is 5.91 Å². The van der Waals surface area contributed by atoms with Crippen molar-refractivity contribution in [1.82, 2.24) is 4.90 Å². The Morgan fingerprint density at radius 2 is 1.88 bits per heavy atom. The van der Waals surface area contributed by atoms with E-state index < -0.39 is 0 Å². The van der Waals surface area contributed by atoms with Crippen molar-refractivity contribution >= 4 is 23.2 Å². The summed E-state index contributed by atoms with van der Waals surface area (Å²) in [6.45, 7) is 4.69. The first-order valence-electron chi connectivity index (χ1n) is 8.49. The first kappa shape index (κ1) is 16.8. The molecule has 3 nitrogen and oxygen atoms in total. The molecular weight excluding hydrogens is 320 g/mol. The van der Waals surface area contributed by atoms with E-state index in [1.54, 1.807) is 0 Å². The van der Waals surface area contributed by atoms with Crippen LogP contribution in [0.15, 0.2) is 48.5 Å². The quantitative estimate of drug-likeness (QED) is 0.863. The molecule has 1 fully saturated rings. The number of nitrogens with one attached hydrogen (secondary N) is 1. The van der Waals surface area contributed by atoms with Gasteiger partial charge in [-0.05, 0) is 60.7 Å². The van der Waals surface area contributed by atoms with Crippen LogP contribution in [0.4, 0.5) is 5.69 Å². The van der Waals surface area contributed by atoms with Crippen LogP contribution >= 0.6 is 11.6 Å². The molecule has 0 radical (unpaired) electrons. The molecule has 1 saturated heterocycles. The zero-order valence-electron chi connectivity index (χ0n) is 14.0. The molecule has 2 aromatic rings. The van der Waals surface area contributed by atoms with Crippen molar-refractivity contribution < 1.29 is 4.79 Å². The number of benzene rings is 2. The zero-order chi connectivity index (χ0) is 16.9. The number of rotatable bonds is 4. The molecule has 0 aliphatic carbocycles. The summed E-state index contributed by atoms with van der Waals surface area (Å²) in [6, 6.07) is 15.5. The van der Waals surface area contributed by atoms with Gasteiger partial charge in [-0.25, -0.2) is 0 Å². The topological polar surface area (TPSA) is 32.3 Å². The van der Waals surface area contributed by atoms with Gasteiger partial charge in [-0.15, -0.1) is 0 Å². The number of nitrogens with zero attached hydrogens (tertiary/aromatic N) is 1. The van der Waals surface area contributed by atoms with Crippen LogP contribution in [0.2, 0.25) is 5.02 Å². The van der Waals surface area contributed by atoms with Crippen molar-refractivity contribution in [2.24, 2.45) is 5.92 Å². The van der Waals surface area contributed by atoms with Gasteiger partial charge < -0.3 is 10.2 Å². The zero-order valence-corrected chi connectivity index (χ0v) is 14.7. The van der Waals surface area contributed by atoms with E-state index in [4.69, 9.17) is 11.6 Å². The molecule has 4 heteroatoms. The summed E-state index contributed by atoms with van der Waals surface area (Å²) >= 11 is 5.89. The Morgan fingerprint density at radius 3 is 2.54 bits per heavy atom. The summed E-state index contributed by atoms with van der Waals surface area (Å²) in [4.78, 5) is 14.5. The van der Waals surface area contributed by atoms with E-state index in [1.165, 1.54) is 12.0 Å². The molecule has 1 heterocycles. The third-order valence-corrected chi connectivity index (χ3v) is 4.74. The highest BCUT2D eigenvalue weighted by atomic mass is 35.5. The molecule has 1 amide bonds. The third kappa shape index (κ3) is 4.30. The number of piperidine rings is 1. The van der Waals surface area contributed by atoms with Crippen molar-refractivity contribution in [2.75, 3.05) is 18.4 Å². The summed E-state index contributed by atoms with van der Waals surface area (Å²) in [5, 5.41) is 4.11. The number of hydrogen-bond donors (Lipinski definition) is 1. The van der Waals surface area contributed by atoms with Gasteiger partial charge in [0.1, 0.15) is 0 Å². The molecule has 0 aromatic heterocycles. The monoisotopic (exact) mass is 342 g/mol. The van der Waals surface area contributed by atoms with Gasteiger partial charge in [0.15, 0.2) is 0 Å². The fourth-order valence-electron chi connectivity index (χ4n) is 3.09. The van der Waals surface area contributed by atoms with E-state index in [9.17, 15) is 4.79 Å². The Hall–Kier alpha value is -2.00. The average Bonchev–Trinajstić information content (AvgIpc) is 2.61. The van der Waals surface area contributed by atoms with Gasteiger partial charge in [0.25, 0.3) is 5.91 Å². The van der Waals surface area contributed by atoms with E-state index in [0.717, 1.165) is 42.3 Å². The first-order chi connectivity index (χ1) is 11.6. The van der Waals surface area contributed by atoms with Crippen LogP contribution in [0, 0.1) is 5.92 Å². The van der Waals surface area contributed by atoms with E-state index >= 15 is 0 Å². The second-order valence-corrected chi connectivity index (χ2v) is 6.99. The summed E-state index contributed by atoms with van der Waals surface area (Å²) in [7, 11) is 0. The largest absolute Gasteiger partial charge is 0.381 e. The summed E-state index contributed by atoms with van der Waals surface area (Å²) in [5.74, 6) is 0.744. The van der Waals surface area contributed by atoms with Crippen molar-refractivity contribution in [1.29, 1.82) is 0 Å². The molecule has 24 heavy (non-hydrogen) atoms. The highest BCUT2D eigenvalue weighted by molar-refractivity contribution is 6.30. The highest BCUT2D eigenvalue weighted by Gasteiger charge is 2.21. The van der Waals surface area contributed by atoms with Gasteiger partial charge in [-0.2, -0.15) is 0 Å². The van der Waals surface area contributed by atoms with E-state index in [1.807, 2.05) is 53.4 Å². The number of halogens is 1. The van der Waals surface area contributed by atoms with Crippen molar-refractivity contribution in [3.05, 3.63) is 64.7 Å². The predicted octanol–water partition coefficient (Wildman–Crippen LogP) is 4.82. The minimum absolute atomic E-state index is 0.144. The van der Waals surface area contributed by atoms with Crippen LogP contribution in [0.1, 0.15) is 35.7 Å². The van der Waals surface area contributed by atoms with Gasteiger partial charge in [0, 0.05) is 35.9 Å². The Kier molecular flexibility index (Phi) is 5.41. The Labute approximate surface area is 148 Å². The van der Waals surface area contributed by atoms with Crippen LogP contribution < -0.4 is 5.32 Å². The Balaban J connectivity index is 1.58. The summed E-state index contributed by atoms with van der Waals surface area (Å²) < 4.78 is 0. The fourth-order valence-corrected chi connectivity index (χ4v) is 3.22. The fraction of sp³-hybridized carbons (Fsp3) is 0.350. The smallest absolute Gasteiger partial charge is 0.253 e. The SMILES string of the molecule is CC1CCCN(C(=O)c2ccc(NCc3ccc(Cl)cc3)cc2)C1.